The van der Waals surface area contributed by atoms with Gasteiger partial charge in [-0.2, -0.15) is 0 Å². The van der Waals surface area contributed by atoms with Gasteiger partial charge in [-0.05, 0) is 41.8 Å². The molecule has 26 heavy (non-hydrogen) atoms. The van der Waals surface area contributed by atoms with Crippen LogP contribution in [0.15, 0.2) is 65.7 Å². The maximum atomic E-state index is 12.3. The summed E-state index contributed by atoms with van der Waals surface area (Å²) in [6.45, 7) is 1.14. The smallest absolute Gasteiger partial charge is 0.251 e. The highest BCUT2D eigenvalue weighted by Crippen LogP contribution is 2.15. The van der Waals surface area contributed by atoms with E-state index in [1.54, 1.807) is 0 Å². The minimum atomic E-state index is -3.49. The molecule has 2 aromatic carbocycles. The number of aromatic nitrogens is 1. The van der Waals surface area contributed by atoms with Crippen molar-refractivity contribution in [3.8, 4) is 0 Å². The predicted octanol–water partition coefficient (Wildman–Crippen LogP) is 2.32. The first-order chi connectivity index (χ1) is 12.4. The van der Waals surface area contributed by atoms with E-state index in [0.29, 0.717) is 18.7 Å². The predicted molar refractivity (Wildman–Crippen MR) is 102 cm³/mol. The number of carbonyl (C=O) groups excluding carboxylic acids is 1. The van der Waals surface area contributed by atoms with Crippen LogP contribution < -0.4 is 5.32 Å². The average Bonchev–Trinajstić information content (AvgIpc) is 3.05. The zero-order valence-corrected chi connectivity index (χ0v) is 15.5. The van der Waals surface area contributed by atoms with Gasteiger partial charge in [-0.25, -0.2) is 12.7 Å². The Labute approximate surface area is 153 Å². The van der Waals surface area contributed by atoms with Crippen LogP contribution in [0.3, 0.4) is 0 Å². The van der Waals surface area contributed by atoms with Crippen molar-refractivity contribution in [2.45, 2.75) is 11.4 Å². The summed E-state index contributed by atoms with van der Waals surface area (Å²) in [5, 5.41) is 4.03. The van der Waals surface area contributed by atoms with Gasteiger partial charge in [0.15, 0.2) is 0 Å². The molecule has 0 spiro atoms. The van der Waals surface area contributed by atoms with Crippen molar-refractivity contribution in [3.05, 3.63) is 66.4 Å². The molecule has 0 fully saturated rings. The lowest BCUT2D eigenvalue weighted by Crippen LogP contribution is -2.27. The molecule has 1 aromatic heterocycles. The summed E-state index contributed by atoms with van der Waals surface area (Å²) in [5.74, 6) is -0.227. The van der Waals surface area contributed by atoms with Gasteiger partial charge in [-0.1, -0.05) is 18.2 Å². The summed E-state index contributed by atoms with van der Waals surface area (Å²) in [6, 6.07) is 16.1. The first-order valence-corrected chi connectivity index (χ1v) is 9.68. The average molecular weight is 371 g/mol. The normalized spacial score (nSPS) is 11.8. The number of fused-ring (bicyclic) bond motifs is 1. The van der Waals surface area contributed by atoms with E-state index in [-0.39, 0.29) is 10.8 Å². The van der Waals surface area contributed by atoms with Gasteiger partial charge >= 0.3 is 0 Å². The fraction of sp³-hybridized carbons (Fsp3) is 0.211. The van der Waals surface area contributed by atoms with Crippen molar-refractivity contribution in [2.24, 2.45) is 0 Å². The van der Waals surface area contributed by atoms with E-state index in [4.69, 9.17) is 0 Å². The number of para-hydroxylation sites is 1. The lowest BCUT2D eigenvalue weighted by Gasteiger charge is -2.12. The van der Waals surface area contributed by atoms with Gasteiger partial charge in [0, 0.05) is 44.5 Å². The molecule has 1 N–H and O–H groups in total. The molecule has 0 saturated heterocycles. The number of benzene rings is 2. The van der Waals surface area contributed by atoms with E-state index in [2.05, 4.69) is 9.88 Å². The van der Waals surface area contributed by atoms with Gasteiger partial charge in [0.1, 0.15) is 0 Å². The van der Waals surface area contributed by atoms with Crippen LogP contribution in [0.2, 0.25) is 0 Å². The fourth-order valence-electron chi connectivity index (χ4n) is 2.72. The summed E-state index contributed by atoms with van der Waals surface area (Å²) in [4.78, 5) is 12.4. The van der Waals surface area contributed by atoms with Crippen LogP contribution in [0.4, 0.5) is 0 Å². The molecule has 0 aliphatic heterocycles. The molecule has 7 heteroatoms. The Balaban J connectivity index is 1.62. The Hall–Kier alpha value is -2.64. The Morgan fingerprint density at radius 2 is 1.73 bits per heavy atom. The quantitative estimate of drug-likeness (QED) is 0.723. The minimum absolute atomic E-state index is 0.165. The SMILES string of the molecule is CN(C)S(=O)(=O)c1ccc(C(=O)NCCn2ccc3ccccc32)cc1. The molecule has 3 rings (SSSR count). The highest BCUT2D eigenvalue weighted by atomic mass is 32.2. The third kappa shape index (κ3) is 3.63. The number of sulfonamides is 1. The van der Waals surface area contributed by atoms with Crippen LogP contribution in [-0.2, 0) is 16.6 Å². The molecule has 136 valence electrons. The zero-order chi connectivity index (χ0) is 18.7. The molecule has 0 aliphatic rings. The van der Waals surface area contributed by atoms with E-state index in [0.717, 1.165) is 15.2 Å². The van der Waals surface area contributed by atoms with Gasteiger partial charge in [0.2, 0.25) is 10.0 Å². The number of amides is 1. The largest absolute Gasteiger partial charge is 0.350 e. The van der Waals surface area contributed by atoms with E-state index >= 15 is 0 Å². The molecule has 0 aliphatic carbocycles. The van der Waals surface area contributed by atoms with E-state index in [1.165, 1.54) is 38.4 Å². The van der Waals surface area contributed by atoms with E-state index in [1.807, 2.05) is 36.5 Å². The van der Waals surface area contributed by atoms with Crippen molar-refractivity contribution in [1.82, 2.24) is 14.2 Å². The van der Waals surface area contributed by atoms with E-state index < -0.39 is 10.0 Å². The van der Waals surface area contributed by atoms with Gasteiger partial charge in [0.25, 0.3) is 5.91 Å². The minimum Gasteiger partial charge on any atom is -0.350 e. The molecule has 0 bridgehead atoms. The molecule has 1 amide bonds. The number of carbonyl (C=O) groups is 1. The molecule has 1 heterocycles. The second kappa shape index (κ2) is 7.31. The number of nitrogens with zero attached hydrogens (tertiary/aromatic N) is 2. The van der Waals surface area contributed by atoms with Crippen LogP contribution in [0.25, 0.3) is 10.9 Å². The molecule has 0 saturated carbocycles. The first-order valence-electron chi connectivity index (χ1n) is 8.24. The van der Waals surface area contributed by atoms with Crippen molar-refractivity contribution in [3.63, 3.8) is 0 Å². The van der Waals surface area contributed by atoms with Gasteiger partial charge < -0.3 is 9.88 Å². The molecule has 0 radical (unpaired) electrons. The number of hydrogen-bond donors (Lipinski definition) is 1. The Morgan fingerprint density at radius 3 is 2.42 bits per heavy atom. The Morgan fingerprint density at radius 1 is 1.04 bits per heavy atom. The maximum Gasteiger partial charge on any atom is 0.251 e. The Kier molecular flexibility index (Phi) is 5.11. The summed E-state index contributed by atoms with van der Waals surface area (Å²) in [6.07, 6.45) is 2.00. The highest BCUT2D eigenvalue weighted by molar-refractivity contribution is 7.89. The molecule has 6 nitrogen and oxygen atoms in total. The molecular weight excluding hydrogens is 350 g/mol. The van der Waals surface area contributed by atoms with Gasteiger partial charge in [-0.3, -0.25) is 4.79 Å². The van der Waals surface area contributed by atoms with E-state index in [9.17, 15) is 13.2 Å². The van der Waals surface area contributed by atoms with Crippen LogP contribution in [0.5, 0.6) is 0 Å². The van der Waals surface area contributed by atoms with Crippen LogP contribution in [0, 0.1) is 0 Å². The van der Waals surface area contributed by atoms with Crippen LogP contribution >= 0.6 is 0 Å². The lowest BCUT2D eigenvalue weighted by atomic mass is 10.2. The monoisotopic (exact) mass is 371 g/mol. The van der Waals surface area contributed by atoms with Crippen LogP contribution in [-0.4, -0.2) is 43.8 Å². The third-order valence-electron chi connectivity index (χ3n) is 4.21. The third-order valence-corrected chi connectivity index (χ3v) is 6.04. The van der Waals surface area contributed by atoms with Gasteiger partial charge in [-0.15, -0.1) is 0 Å². The standard InChI is InChI=1S/C19H21N3O3S/c1-21(2)26(24,25)17-9-7-16(8-10-17)19(23)20-12-14-22-13-11-15-5-3-4-6-18(15)22/h3-11,13H,12,14H2,1-2H3,(H,20,23). The van der Waals surface area contributed by atoms with Crippen molar-refractivity contribution in [2.75, 3.05) is 20.6 Å². The maximum absolute atomic E-state index is 12.3. The Bertz CT molecular complexity index is 1020. The summed E-state index contributed by atoms with van der Waals surface area (Å²) in [5.41, 5.74) is 1.56. The fourth-order valence-corrected chi connectivity index (χ4v) is 3.62. The number of hydrogen-bond acceptors (Lipinski definition) is 3. The summed E-state index contributed by atoms with van der Waals surface area (Å²) in [7, 11) is -0.542. The second-order valence-corrected chi connectivity index (χ2v) is 8.29. The highest BCUT2D eigenvalue weighted by Gasteiger charge is 2.17. The molecular formula is C19H21N3O3S. The summed E-state index contributed by atoms with van der Waals surface area (Å²) >= 11 is 0. The molecule has 3 aromatic rings. The molecule has 0 atom stereocenters. The van der Waals surface area contributed by atoms with Crippen LogP contribution in [0.1, 0.15) is 10.4 Å². The topological polar surface area (TPSA) is 71.4 Å². The first kappa shape index (κ1) is 18.2. The second-order valence-electron chi connectivity index (χ2n) is 6.14. The van der Waals surface area contributed by atoms with Crippen molar-refractivity contribution >= 4 is 26.8 Å². The molecule has 0 unspecified atom stereocenters. The number of rotatable bonds is 6. The zero-order valence-electron chi connectivity index (χ0n) is 14.7. The van der Waals surface area contributed by atoms with Crippen molar-refractivity contribution in [1.29, 1.82) is 0 Å². The van der Waals surface area contributed by atoms with Crippen molar-refractivity contribution < 1.29 is 13.2 Å². The summed E-state index contributed by atoms with van der Waals surface area (Å²) < 4.78 is 27.3. The lowest BCUT2D eigenvalue weighted by molar-refractivity contribution is 0.0952. The van der Waals surface area contributed by atoms with Gasteiger partial charge in [0.05, 0.1) is 4.90 Å². The number of nitrogens with one attached hydrogen (secondary N) is 1.